The highest BCUT2D eigenvalue weighted by Gasteiger charge is 2.41. The standard InChI is InChI=1S/C9H19N/c1-4-9(7-10-3)6-5-8(9)2/h8,10H,4-7H2,1-3H3. The molecular weight excluding hydrogens is 122 g/mol. The average Bonchev–Trinajstić information content (AvgIpc) is 1.97. The van der Waals surface area contributed by atoms with Crippen LogP contribution in [0, 0.1) is 11.3 Å². The molecule has 0 radical (unpaired) electrons. The molecule has 1 aliphatic carbocycles. The van der Waals surface area contributed by atoms with Gasteiger partial charge < -0.3 is 5.32 Å². The lowest BCUT2D eigenvalue weighted by atomic mass is 9.59. The molecule has 0 aliphatic heterocycles. The molecule has 60 valence electrons. The second-order valence-electron chi connectivity index (χ2n) is 3.69. The Bertz CT molecular complexity index is 107. The van der Waals surface area contributed by atoms with Gasteiger partial charge in [0, 0.05) is 6.54 Å². The van der Waals surface area contributed by atoms with Crippen LogP contribution in [0.2, 0.25) is 0 Å². The molecule has 1 saturated carbocycles. The molecule has 0 bridgehead atoms. The molecule has 0 amide bonds. The zero-order valence-electron chi connectivity index (χ0n) is 7.41. The predicted molar refractivity (Wildman–Crippen MR) is 45.0 cm³/mol. The maximum Gasteiger partial charge on any atom is 0.000726 e. The van der Waals surface area contributed by atoms with Gasteiger partial charge in [-0.05, 0) is 37.6 Å². The van der Waals surface area contributed by atoms with Crippen LogP contribution in [-0.4, -0.2) is 13.6 Å². The first-order valence-electron chi connectivity index (χ1n) is 4.40. The summed E-state index contributed by atoms with van der Waals surface area (Å²) in [4.78, 5) is 0. The van der Waals surface area contributed by atoms with Crippen LogP contribution in [0.4, 0.5) is 0 Å². The summed E-state index contributed by atoms with van der Waals surface area (Å²) in [5.41, 5.74) is 0.661. The first kappa shape index (κ1) is 8.06. The van der Waals surface area contributed by atoms with Gasteiger partial charge in [0.15, 0.2) is 0 Å². The molecule has 0 aromatic heterocycles. The summed E-state index contributed by atoms with van der Waals surface area (Å²) in [5.74, 6) is 0.949. The van der Waals surface area contributed by atoms with Crippen LogP contribution in [0.15, 0.2) is 0 Å². The molecule has 1 N–H and O–H groups in total. The lowest BCUT2D eigenvalue weighted by Crippen LogP contribution is -2.45. The van der Waals surface area contributed by atoms with E-state index in [4.69, 9.17) is 0 Å². The monoisotopic (exact) mass is 141 g/mol. The summed E-state index contributed by atoms with van der Waals surface area (Å²) in [5, 5.41) is 3.29. The molecule has 2 atom stereocenters. The van der Waals surface area contributed by atoms with Gasteiger partial charge in [0.25, 0.3) is 0 Å². The minimum atomic E-state index is 0.661. The van der Waals surface area contributed by atoms with Crippen molar-refractivity contribution in [3.05, 3.63) is 0 Å². The molecule has 1 aliphatic rings. The highest BCUT2D eigenvalue weighted by atomic mass is 14.8. The molecule has 1 fully saturated rings. The maximum absolute atomic E-state index is 3.29. The SMILES string of the molecule is CCC1(CNC)CCC1C. The summed E-state index contributed by atoms with van der Waals surface area (Å²) in [7, 11) is 2.06. The largest absolute Gasteiger partial charge is 0.319 e. The van der Waals surface area contributed by atoms with Crippen molar-refractivity contribution >= 4 is 0 Å². The number of hydrogen-bond donors (Lipinski definition) is 1. The minimum absolute atomic E-state index is 0.661. The van der Waals surface area contributed by atoms with E-state index in [0.717, 1.165) is 5.92 Å². The summed E-state index contributed by atoms with van der Waals surface area (Å²) in [6.45, 7) is 5.90. The Labute approximate surface area is 64.2 Å². The van der Waals surface area contributed by atoms with E-state index in [0.29, 0.717) is 5.41 Å². The number of nitrogens with one attached hydrogen (secondary N) is 1. The highest BCUT2D eigenvalue weighted by Crippen LogP contribution is 2.48. The molecule has 10 heavy (non-hydrogen) atoms. The topological polar surface area (TPSA) is 12.0 Å². The molecule has 0 heterocycles. The van der Waals surface area contributed by atoms with E-state index in [-0.39, 0.29) is 0 Å². The van der Waals surface area contributed by atoms with Crippen LogP contribution < -0.4 is 5.32 Å². The van der Waals surface area contributed by atoms with E-state index in [1.54, 1.807) is 0 Å². The van der Waals surface area contributed by atoms with Crippen molar-refractivity contribution in [3.8, 4) is 0 Å². The summed E-state index contributed by atoms with van der Waals surface area (Å²) in [6.07, 6.45) is 4.22. The van der Waals surface area contributed by atoms with Crippen LogP contribution in [0.5, 0.6) is 0 Å². The van der Waals surface area contributed by atoms with Gasteiger partial charge in [-0.3, -0.25) is 0 Å². The minimum Gasteiger partial charge on any atom is -0.319 e. The van der Waals surface area contributed by atoms with Crippen LogP contribution in [-0.2, 0) is 0 Å². The first-order valence-corrected chi connectivity index (χ1v) is 4.40. The van der Waals surface area contributed by atoms with Crippen molar-refractivity contribution in [2.24, 2.45) is 11.3 Å². The Morgan fingerprint density at radius 3 is 2.40 bits per heavy atom. The first-order chi connectivity index (χ1) is 4.75. The number of rotatable bonds is 3. The molecule has 2 unspecified atom stereocenters. The fraction of sp³-hybridized carbons (Fsp3) is 1.00. The molecule has 0 spiro atoms. The Morgan fingerprint density at radius 2 is 2.30 bits per heavy atom. The third-order valence-corrected chi connectivity index (χ3v) is 3.35. The van der Waals surface area contributed by atoms with Gasteiger partial charge in [-0.15, -0.1) is 0 Å². The van der Waals surface area contributed by atoms with Crippen LogP contribution in [0.25, 0.3) is 0 Å². The Kier molecular flexibility index (Phi) is 2.35. The molecule has 1 rings (SSSR count). The molecule has 1 heteroatoms. The lowest BCUT2D eigenvalue weighted by Gasteiger charge is -2.48. The smallest absolute Gasteiger partial charge is 0.000726 e. The Balaban J connectivity index is 2.43. The summed E-state index contributed by atoms with van der Waals surface area (Å²) in [6, 6.07) is 0. The Hall–Kier alpha value is -0.0400. The third kappa shape index (κ3) is 1.07. The number of hydrogen-bond acceptors (Lipinski definition) is 1. The summed E-state index contributed by atoms with van der Waals surface area (Å²) < 4.78 is 0. The van der Waals surface area contributed by atoms with Gasteiger partial charge >= 0.3 is 0 Å². The van der Waals surface area contributed by atoms with Crippen LogP contribution in [0.1, 0.15) is 33.1 Å². The molecular formula is C9H19N. The zero-order chi connectivity index (χ0) is 7.61. The van der Waals surface area contributed by atoms with E-state index in [9.17, 15) is 0 Å². The normalized spacial score (nSPS) is 39.3. The second-order valence-corrected chi connectivity index (χ2v) is 3.69. The molecule has 0 saturated heterocycles. The van der Waals surface area contributed by atoms with Gasteiger partial charge in [0.05, 0.1) is 0 Å². The molecule has 1 nitrogen and oxygen atoms in total. The van der Waals surface area contributed by atoms with Gasteiger partial charge in [-0.1, -0.05) is 13.8 Å². The summed E-state index contributed by atoms with van der Waals surface area (Å²) >= 11 is 0. The van der Waals surface area contributed by atoms with Crippen molar-refractivity contribution < 1.29 is 0 Å². The van der Waals surface area contributed by atoms with Gasteiger partial charge in [-0.25, -0.2) is 0 Å². The predicted octanol–water partition coefficient (Wildman–Crippen LogP) is 2.03. The van der Waals surface area contributed by atoms with E-state index in [1.165, 1.54) is 25.8 Å². The molecule has 0 aromatic carbocycles. The van der Waals surface area contributed by atoms with Crippen LogP contribution in [0.3, 0.4) is 0 Å². The van der Waals surface area contributed by atoms with E-state index in [1.807, 2.05) is 0 Å². The molecule has 0 aromatic rings. The highest BCUT2D eigenvalue weighted by molar-refractivity contribution is 4.93. The van der Waals surface area contributed by atoms with Gasteiger partial charge in [-0.2, -0.15) is 0 Å². The Morgan fingerprint density at radius 1 is 1.60 bits per heavy atom. The van der Waals surface area contributed by atoms with Crippen LogP contribution >= 0.6 is 0 Å². The van der Waals surface area contributed by atoms with E-state index in [2.05, 4.69) is 26.2 Å². The maximum atomic E-state index is 3.29. The second kappa shape index (κ2) is 2.91. The third-order valence-electron chi connectivity index (χ3n) is 3.35. The van der Waals surface area contributed by atoms with Crippen molar-refractivity contribution in [2.75, 3.05) is 13.6 Å². The zero-order valence-corrected chi connectivity index (χ0v) is 7.41. The average molecular weight is 141 g/mol. The lowest BCUT2D eigenvalue weighted by molar-refractivity contribution is 0.0413. The fourth-order valence-corrected chi connectivity index (χ4v) is 2.11. The van der Waals surface area contributed by atoms with E-state index < -0.39 is 0 Å². The van der Waals surface area contributed by atoms with Gasteiger partial charge in [0.2, 0.25) is 0 Å². The fourth-order valence-electron chi connectivity index (χ4n) is 2.11. The van der Waals surface area contributed by atoms with Crippen molar-refractivity contribution in [2.45, 2.75) is 33.1 Å². The van der Waals surface area contributed by atoms with Gasteiger partial charge in [0.1, 0.15) is 0 Å². The quantitative estimate of drug-likeness (QED) is 0.634. The van der Waals surface area contributed by atoms with E-state index >= 15 is 0 Å². The van der Waals surface area contributed by atoms with Crippen molar-refractivity contribution in [1.82, 2.24) is 5.32 Å². The van der Waals surface area contributed by atoms with Crippen molar-refractivity contribution in [1.29, 1.82) is 0 Å². The van der Waals surface area contributed by atoms with Crippen molar-refractivity contribution in [3.63, 3.8) is 0 Å².